The SMILES string of the molecule is CC(C)(C)c1ccc(Oc2c(-c3ccccc3)ccc3ccccc23)cc1. The third kappa shape index (κ3) is 3.59. The van der Waals surface area contributed by atoms with Crippen molar-refractivity contribution in [1.29, 1.82) is 0 Å². The molecule has 4 aromatic rings. The highest BCUT2D eigenvalue weighted by atomic mass is 16.5. The van der Waals surface area contributed by atoms with E-state index in [-0.39, 0.29) is 5.41 Å². The number of hydrogen-bond donors (Lipinski definition) is 0. The van der Waals surface area contributed by atoms with Crippen molar-refractivity contribution in [1.82, 2.24) is 0 Å². The molecule has 0 aliphatic heterocycles. The average Bonchev–Trinajstić information content (AvgIpc) is 2.69. The quantitative estimate of drug-likeness (QED) is 0.369. The lowest BCUT2D eigenvalue weighted by Crippen LogP contribution is -2.10. The zero-order valence-electron chi connectivity index (χ0n) is 16.1. The van der Waals surface area contributed by atoms with Crippen molar-refractivity contribution in [2.45, 2.75) is 26.2 Å². The molecule has 0 atom stereocenters. The van der Waals surface area contributed by atoms with Gasteiger partial charge in [0.2, 0.25) is 0 Å². The molecule has 0 amide bonds. The third-order valence-electron chi connectivity index (χ3n) is 4.90. The molecule has 0 N–H and O–H groups in total. The van der Waals surface area contributed by atoms with Crippen LogP contribution in [0.3, 0.4) is 0 Å². The van der Waals surface area contributed by atoms with E-state index in [0.29, 0.717) is 0 Å². The van der Waals surface area contributed by atoms with Gasteiger partial charge in [-0.3, -0.25) is 0 Å². The molecule has 0 saturated carbocycles. The molecule has 0 spiro atoms. The smallest absolute Gasteiger partial charge is 0.143 e. The van der Waals surface area contributed by atoms with Crippen LogP contribution in [0.15, 0.2) is 91.0 Å². The Morgan fingerprint density at radius 3 is 2.00 bits per heavy atom. The molecule has 0 saturated heterocycles. The highest BCUT2D eigenvalue weighted by molar-refractivity contribution is 5.95. The summed E-state index contributed by atoms with van der Waals surface area (Å²) in [5.74, 6) is 1.76. The fourth-order valence-corrected chi connectivity index (χ4v) is 3.34. The zero-order chi connectivity index (χ0) is 18.9. The first-order valence-corrected chi connectivity index (χ1v) is 9.38. The standard InChI is InChI=1S/C26H24O/c1-26(2,3)21-14-16-22(17-15-21)27-25-23-12-8-7-11-20(23)13-18-24(25)19-9-5-4-6-10-19/h4-18H,1-3H3. The van der Waals surface area contributed by atoms with Gasteiger partial charge in [0.1, 0.15) is 11.5 Å². The molecule has 0 aromatic heterocycles. The van der Waals surface area contributed by atoms with E-state index in [2.05, 4.69) is 106 Å². The fourth-order valence-electron chi connectivity index (χ4n) is 3.34. The fraction of sp³-hybridized carbons (Fsp3) is 0.154. The molecule has 1 nitrogen and oxygen atoms in total. The van der Waals surface area contributed by atoms with Crippen molar-refractivity contribution in [3.8, 4) is 22.6 Å². The van der Waals surface area contributed by atoms with Crippen LogP contribution in [0.2, 0.25) is 0 Å². The molecular formula is C26H24O. The number of fused-ring (bicyclic) bond motifs is 1. The van der Waals surface area contributed by atoms with E-state index in [1.807, 2.05) is 6.07 Å². The lowest BCUT2D eigenvalue weighted by molar-refractivity contribution is 0.488. The Labute approximate surface area is 161 Å². The number of ether oxygens (including phenoxy) is 1. The molecule has 4 rings (SSSR count). The Kier molecular flexibility index (Phi) is 4.45. The molecule has 0 fully saturated rings. The summed E-state index contributed by atoms with van der Waals surface area (Å²) in [7, 11) is 0. The first-order valence-electron chi connectivity index (χ1n) is 9.38. The average molecular weight is 352 g/mol. The first kappa shape index (κ1) is 17.4. The van der Waals surface area contributed by atoms with Crippen LogP contribution in [0, 0.1) is 0 Å². The Balaban J connectivity index is 1.82. The van der Waals surface area contributed by atoms with Gasteiger partial charge in [0.05, 0.1) is 0 Å². The summed E-state index contributed by atoms with van der Waals surface area (Å²) >= 11 is 0. The van der Waals surface area contributed by atoms with Crippen molar-refractivity contribution in [2.24, 2.45) is 0 Å². The van der Waals surface area contributed by atoms with Gasteiger partial charge in [-0.2, -0.15) is 0 Å². The summed E-state index contributed by atoms with van der Waals surface area (Å²) < 4.78 is 6.44. The third-order valence-corrected chi connectivity index (χ3v) is 4.90. The van der Waals surface area contributed by atoms with E-state index in [9.17, 15) is 0 Å². The van der Waals surface area contributed by atoms with Crippen LogP contribution in [-0.2, 0) is 5.41 Å². The Morgan fingerprint density at radius 2 is 1.30 bits per heavy atom. The molecule has 134 valence electrons. The van der Waals surface area contributed by atoms with Crippen molar-refractivity contribution >= 4 is 10.8 Å². The molecule has 0 aliphatic rings. The zero-order valence-corrected chi connectivity index (χ0v) is 16.1. The molecule has 1 heteroatoms. The Morgan fingerprint density at radius 1 is 0.630 bits per heavy atom. The topological polar surface area (TPSA) is 9.23 Å². The van der Waals surface area contributed by atoms with E-state index in [4.69, 9.17) is 4.74 Å². The van der Waals surface area contributed by atoms with Gasteiger partial charge in [-0.1, -0.05) is 93.6 Å². The van der Waals surface area contributed by atoms with Crippen LogP contribution in [0.25, 0.3) is 21.9 Å². The lowest BCUT2D eigenvalue weighted by Gasteiger charge is -2.20. The van der Waals surface area contributed by atoms with Gasteiger partial charge in [-0.15, -0.1) is 0 Å². The maximum absolute atomic E-state index is 6.44. The highest BCUT2D eigenvalue weighted by Crippen LogP contribution is 2.39. The maximum atomic E-state index is 6.44. The van der Waals surface area contributed by atoms with Crippen molar-refractivity contribution in [3.05, 3.63) is 96.6 Å². The Bertz CT molecular complexity index is 1050. The van der Waals surface area contributed by atoms with Crippen LogP contribution < -0.4 is 4.74 Å². The highest BCUT2D eigenvalue weighted by Gasteiger charge is 2.15. The summed E-state index contributed by atoms with van der Waals surface area (Å²) in [6, 6.07) is 31.5. The van der Waals surface area contributed by atoms with Crippen molar-refractivity contribution < 1.29 is 4.74 Å². The predicted molar refractivity (Wildman–Crippen MR) is 115 cm³/mol. The molecule has 0 bridgehead atoms. The largest absolute Gasteiger partial charge is 0.456 e. The minimum absolute atomic E-state index is 0.132. The molecular weight excluding hydrogens is 328 g/mol. The van der Waals surface area contributed by atoms with Gasteiger partial charge in [0.25, 0.3) is 0 Å². The van der Waals surface area contributed by atoms with Gasteiger partial charge < -0.3 is 4.74 Å². The van der Waals surface area contributed by atoms with Crippen LogP contribution in [-0.4, -0.2) is 0 Å². The second-order valence-electron chi connectivity index (χ2n) is 7.91. The number of hydrogen-bond acceptors (Lipinski definition) is 1. The van der Waals surface area contributed by atoms with E-state index >= 15 is 0 Å². The molecule has 0 radical (unpaired) electrons. The second kappa shape index (κ2) is 6.92. The molecule has 0 aliphatic carbocycles. The summed E-state index contributed by atoms with van der Waals surface area (Å²) in [4.78, 5) is 0. The molecule has 0 heterocycles. The van der Waals surface area contributed by atoms with E-state index < -0.39 is 0 Å². The first-order chi connectivity index (χ1) is 13.0. The summed E-state index contributed by atoms with van der Waals surface area (Å²) in [6.45, 7) is 6.67. The second-order valence-corrected chi connectivity index (χ2v) is 7.91. The van der Waals surface area contributed by atoms with Crippen LogP contribution in [0.4, 0.5) is 0 Å². The number of rotatable bonds is 3. The van der Waals surface area contributed by atoms with E-state index in [0.717, 1.165) is 28.0 Å². The van der Waals surface area contributed by atoms with E-state index in [1.54, 1.807) is 0 Å². The van der Waals surface area contributed by atoms with Crippen LogP contribution >= 0.6 is 0 Å². The summed E-state index contributed by atoms with van der Waals surface area (Å²) in [6.07, 6.45) is 0. The van der Waals surface area contributed by atoms with Gasteiger partial charge >= 0.3 is 0 Å². The molecule has 4 aromatic carbocycles. The van der Waals surface area contributed by atoms with Crippen molar-refractivity contribution in [3.63, 3.8) is 0 Å². The predicted octanol–water partition coefficient (Wildman–Crippen LogP) is 7.60. The van der Waals surface area contributed by atoms with Crippen LogP contribution in [0.5, 0.6) is 11.5 Å². The minimum Gasteiger partial charge on any atom is -0.456 e. The molecule has 0 unspecified atom stereocenters. The van der Waals surface area contributed by atoms with Crippen LogP contribution in [0.1, 0.15) is 26.3 Å². The van der Waals surface area contributed by atoms with E-state index in [1.165, 1.54) is 10.9 Å². The molecule has 27 heavy (non-hydrogen) atoms. The lowest BCUT2D eigenvalue weighted by atomic mass is 9.87. The van der Waals surface area contributed by atoms with Gasteiger partial charge in [-0.25, -0.2) is 0 Å². The minimum atomic E-state index is 0.132. The number of benzene rings is 4. The van der Waals surface area contributed by atoms with Gasteiger partial charge in [0, 0.05) is 10.9 Å². The van der Waals surface area contributed by atoms with Crippen molar-refractivity contribution in [2.75, 3.05) is 0 Å². The normalized spacial score (nSPS) is 11.5. The summed E-state index contributed by atoms with van der Waals surface area (Å²) in [5.41, 5.74) is 3.70. The monoisotopic (exact) mass is 352 g/mol. The summed E-state index contributed by atoms with van der Waals surface area (Å²) in [5, 5.41) is 2.30. The Hall–Kier alpha value is -3.06. The van der Waals surface area contributed by atoms with Gasteiger partial charge in [-0.05, 0) is 40.1 Å². The maximum Gasteiger partial charge on any atom is 0.143 e. The van der Waals surface area contributed by atoms with Gasteiger partial charge in [0.15, 0.2) is 0 Å².